The van der Waals surface area contributed by atoms with Crippen LogP contribution in [0.1, 0.15) is 30.4 Å². The van der Waals surface area contributed by atoms with Crippen molar-refractivity contribution in [3.63, 3.8) is 0 Å². The third-order valence-corrected chi connectivity index (χ3v) is 4.38. The highest BCUT2D eigenvalue weighted by molar-refractivity contribution is 5.87. The molecule has 0 aliphatic rings. The molecule has 2 aromatic carbocycles. The summed E-state index contributed by atoms with van der Waals surface area (Å²) >= 11 is 0. The number of carbonyl (C=O) groups is 1. The lowest BCUT2D eigenvalue weighted by atomic mass is 9.96. The molecular weight excluding hydrogens is 296 g/mol. The van der Waals surface area contributed by atoms with Crippen LogP contribution in [0.2, 0.25) is 0 Å². The number of rotatable bonds is 6. The molecule has 122 valence electrons. The van der Waals surface area contributed by atoms with E-state index >= 15 is 0 Å². The Bertz CT molecular complexity index is 809. The molecule has 3 aromatic rings. The Balaban J connectivity index is 1.65. The van der Waals surface area contributed by atoms with Crippen molar-refractivity contribution < 1.29 is 4.79 Å². The summed E-state index contributed by atoms with van der Waals surface area (Å²) in [6.45, 7) is 2.82. The van der Waals surface area contributed by atoms with Crippen LogP contribution in [0.4, 0.5) is 0 Å². The van der Waals surface area contributed by atoms with Crippen LogP contribution >= 0.6 is 0 Å². The van der Waals surface area contributed by atoms with Crippen LogP contribution in [-0.4, -0.2) is 17.4 Å². The van der Waals surface area contributed by atoms with Crippen molar-refractivity contribution in [3.8, 4) is 0 Å². The van der Waals surface area contributed by atoms with E-state index in [1.54, 1.807) is 6.20 Å². The number of pyridine rings is 1. The van der Waals surface area contributed by atoms with Gasteiger partial charge in [-0.25, -0.2) is 0 Å². The molecule has 1 N–H and O–H groups in total. The molecule has 0 saturated carbocycles. The van der Waals surface area contributed by atoms with Crippen LogP contribution in [0.3, 0.4) is 0 Å². The maximum Gasteiger partial charge on any atom is 0.224 e. The molecule has 0 aliphatic heterocycles. The van der Waals surface area contributed by atoms with Crippen LogP contribution in [0, 0.1) is 0 Å². The number of carbonyl (C=O) groups excluding carboxylic acids is 1. The third-order valence-electron chi connectivity index (χ3n) is 4.38. The molecule has 0 bridgehead atoms. The summed E-state index contributed by atoms with van der Waals surface area (Å²) in [6.07, 6.45) is 3.13. The molecule has 0 saturated heterocycles. The molecule has 3 heteroatoms. The summed E-state index contributed by atoms with van der Waals surface area (Å²) in [5.41, 5.74) is 3.15. The normalized spacial score (nSPS) is 12.0. The van der Waals surface area contributed by atoms with Gasteiger partial charge in [-0.05, 0) is 23.6 Å². The van der Waals surface area contributed by atoms with Gasteiger partial charge in [0.15, 0.2) is 0 Å². The smallest absolute Gasteiger partial charge is 0.224 e. The molecular formula is C21H22N2O. The van der Waals surface area contributed by atoms with Gasteiger partial charge in [-0.15, -0.1) is 0 Å². The number of nitrogens with one attached hydrogen (secondary N) is 1. The maximum atomic E-state index is 12.4. The lowest BCUT2D eigenvalue weighted by molar-refractivity contribution is -0.120. The van der Waals surface area contributed by atoms with E-state index in [0.717, 1.165) is 22.9 Å². The van der Waals surface area contributed by atoms with Crippen molar-refractivity contribution >= 4 is 16.8 Å². The van der Waals surface area contributed by atoms with Gasteiger partial charge in [-0.1, -0.05) is 61.5 Å². The monoisotopic (exact) mass is 318 g/mol. The Morgan fingerprint density at radius 2 is 1.83 bits per heavy atom. The Kier molecular flexibility index (Phi) is 5.22. The van der Waals surface area contributed by atoms with Gasteiger partial charge in [-0.2, -0.15) is 0 Å². The van der Waals surface area contributed by atoms with Gasteiger partial charge < -0.3 is 5.32 Å². The van der Waals surface area contributed by atoms with Crippen LogP contribution in [0.5, 0.6) is 0 Å². The molecule has 0 unspecified atom stereocenters. The van der Waals surface area contributed by atoms with Gasteiger partial charge in [0.1, 0.15) is 0 Å². The standard InChI is InChI=1S/C21H22N2O/c1-2-16(17-8-4-3-5-9-17)15-23-20(24)14-19-11-6-10-18-12-7-13-22-21(18)19/h3-13,16H,2,14-15H2,1H3,(H,23,24)/t16-/m0/s1. The molecule has 3 rings (SSSR count). The van der Waals surface area contributed by atoms with Crippen LogP contribution in [0.15, 0.2) is 66.9 Å². The zero-order chi connectivity index (χ0) is 16.8. The first-order valence-electron chi connectivity index (χ1n) is 8.42. The van der Waals surface area contributed by atoms with Gasteiger partial charge in [0, 0.05) is 24.0 Å². The predicted molar refractivity (Wildman–Crippen MR) is 97.9 cm³/mol. The van der Waals surface area contributed by atoms with Gasteiger partial charge >= 0.3 is 0 Å². The molecule has 1 atom stereocenters. The Hall–Kier alpha value is -2.68. The minimum Gasteiger partial charge on any atom is -0.355 e. The van der Waals surface area contributed by atoms with Crippen LogP contribution in [-0.2, 0) is 11.2 Å². The highest BCUT2D eigenvalue weighted by Gasteiger charge is 2.12. The minimum absolute atomic E-state index is 0.0440. The number of nitrogens with zero attached hydrogens (tertiary/aromatic N) is 1. The summed E-state index contributed by atoms with van der Waals surface area (Å²) in [5, 5.41) is 4.15. The summed E-state index contributed by atoms with van der Waals surface area (Å²) in [5.74, 6) is 0.392. The molecule has 24 heavy (non-hydrogen) atoms. The number of hydrogen-bond donors (Lipinski definition) is 1. The van der Waals surface area contributed by atoms with Crippen molar-refractivity contribution in [2.75, 3.05) is 6.54 Å². The van der Waals surface area contributed by atoms with Gasteiger partial charge in [0.2, 0.25) is 5.91 Å². The Morgan fingerprint density at radius 1 is 1.04 bits per heavy atom. The van der Waals surface area contributed by atoms with Gasteiger partial charge in [-0.3, -0.25) is 9.78 Å². The van der Waals surface area contributed by atoms with Crippen LogP contribution < -0.4 is 5.32 Å². The van der Waals surface area contributed by atoms with E-state index in [0.29, 0.717) is 18.9 Å². The molecule has 1 heterocycles. The van der Waals surface area contributed by atoms with E-state index in [9.17, 15) is 4.79 Å². The lowest BCUT2D eigenvalue weighted by Gasteiger charge is -2.16. The first kappa shape index (κ1) is 16.2. The number of amides is 1. The summed E-state index contributed by atoms with van der Waals surface area (Å²) in [7, 11) is 0. The van der Waals surface area contributed by atoms with E-state index in [1.165, 1.54) is 5.56 Å². The second-order valence-electron chi connectivity index (χ2n) is 5.99. The SMILES string of the molecule is CC[C@@H](CNC(=O)Cc1cccc2cccnc12)c1ccccc1. The lowest BCUT2D eigenvalue weighted by Crippen LogP contribution is -2.29. The fraction of sp³-hybridized carbons (Fsp3) is 0.238. The van der Waals surface area contributed by atoms with E-state index in [-0.39, 0.29) is 5.91 Å². The van der Waals surface area contributed by atoms with Crippen molar-refractivity contribution in [2.45, 2.75) is 25.7 Å². The molecule has 1 amide bonds. The topological polar surface area (TPSA) is 42.0 Å². The zero-order valence-electron chi connectivity index (χ0n) is 13.9. The molecule has 0 fully saturated rings. The second-order valence-corrected chi connectivity index (χ2v) is 5.99. The average molecular weight is 318 g/mol. The van der Waals surface area contributed by atoms with Crippen molar-refractivity contribution in [1.82, 2.24) is 10.3 Å². The summed E-state index contributed by atoms with van der Waals surface area (Å²) < 4.78 is 0. The predicted octanol–water partition coefficient (Wildman–Crippen LogP) is 4.09. The van der Waals surface area contributed by atoms with Crippen molar-refractivity contribution in [1.29, 1.82) is 0 Å². The molecule has 0 radical (unpaired) electrons. The number of fused-ring (bicyclic) bond motifs is 1. The first-order chi connectivity index (χ1) is 11.8. The molecule has 1 aromatic heterocycles. The van der Waals surface area contributed by atoms with Gasteiger partial charge in [0.25, 0.3) is 0 Å². The molecule has 0 spiro atoms. The van der Waals surface area contributed by atoms with E-state index in [2.05, 4.69) is 29.4 Å². The molecule has 3 nitrogen and oxygen atoms in total. The van der Waals surface area contributed by atoms with Gasteiger partial charge in [0.05, 0.1) is 11.9 Å². The number of benzene rings is 2. The van der Waals surface area contributed by atoms with Crippen LogP contribution in [0.25, 0.3) is 10.9 Å². The quantitative estimate of drug-likeness (QED) is 0.744. The number of para-hydroxylation sites is 1. The fourth-order valence-electron chi connectivity index (χ4n) is 3.01. The second kappa shape index (κ2) is 7.73. The fourth-order valence-corrected chi connectivity index (χ4v) is 3.01. The minimum atomic E-state index is 0.0440. The number of aromatic nitrogens is 1. The van der Waals surface area contributed by atoms with E-state index in [4.69, 9.17) is 0 Å². The maximum absolute atomic E-state index is 12.4. The van der Waals surface area contributed by atoms with Crippen molar-refractivity contribution in [2.24, 2.45) is 0 Å². The number of hydrogen-bond acceptors (Lipinski definition) is 2. The largest absolute Gasteiger partial charge is 0.355 e. The Labute approximate surface area is 142 Å². The molecule has 0 aliphatic carbocycles. The Morgan fingerprint density at radius 3 is 2.62 bits per heavy atom. The zero-order valence-corrected chi connectivity index (χ0v) is 13.9. The van der Waals surface area contributed by atoms with E-state index in [1.807, 2.05) is 48.5 Å². The summed E-state index contributed by atoms with van der Waals surface area (Å²) in [6, 6.07) is 20.3. The van der Waals surface area contributed by atoms with E-state index < -0.39 is 0 Å². The average Bonchev–Trinajstić information content (AvgIpc) is 2.63. The first-order valence-corrected chi connectivity index (χ1v) is 8.42. The highest BCUT2D eigenvalue weighted by Crippen LogP contribution is 2.19. The summed E-state index contributed by atoms with van der Waals surface area (Å²) in [4.78, 5) is 16.8. The third kappa shape index (κ3) is 3.80. The van der Waals surface area contributed by atoms with Crippen molar-refractivity contribution in [3.05, 3.63) is 78.0 Å². The highest BCUT2D eigenvalue weighted by atomic mass is 16.1.